The van der Waals surface area contributed by atoms with Crippen molar-refractivity contribution < 1.29 is 22.9 Å². The topological polar surface area (TPSA) is 91.7 Å². The average molecular weight is 314 g/mol. The van der Waals surface area contributed by atoms with Crippen LogP contribution in [0.15, 0.2) is 23.1 Å². The molecular weight excluding hydrogens is 292 g/mol. The molecule has 2 N–H and O–H groups in total. The van der Waals surface area contributed by atoms with Crippen LogP contribution in [0.25, 0.3) is 0 Å². The number of benzene rings is 1. The predicted molar refractivity (Wildman–Crippen MR) is 80.4 cm³/mol. The Kier molecular flexibility index (Phi) is 6.36. The van der Waals surface area contributed by atoms with Crippen LogP contribution in [0.1, 0.15) is 67.8 Å². The number of aromatic carboxylic acids is 1. The van der Waals surface area contributed by atoms with Crippen molar-refractivity contribution in [2.24, 2.45) is 0 Å². The second-order valence-corrected chi connectivity index (χ2v) is 6.49. The van der Waals surface area contributed by atoms with Crippen LogP contribution in [0.3, 0.4) is 0 Å². The molecule has 0 aliphatic carbocycles. The molecule has 0 amide bonds. The Balaban J connectivity index is 3.31. The first kappa shape index (κ1) is 17.7. The molecule has 0 heterocycles. The third-order valence-electron chi connectivity index (χ3n) is 3.64. The molecule has 1 atom stereocenters. The largest absolute Gasteiger partial charge is 0.478 e. The van der Waals surface area contributed by atoms with Crippen LogP contribution in [0, 0.1) is 0 Å². The zero-order valence-corrected chi connectivity index (χ0v) is 13.2. The van der Waals surface area contributed by atoms with Crippen LogP contribution in [0.4, 0.5) is 0 Å². The summed E-state index contributed by atoms with van der Waals surface area (Å²) in [5, 5.41) is 9.35. The zero-order chi connectivity index (χ0) is 16.0. The van der Waals surface area contributed by atoms with Crippen LogP contribution >= 0.6 is 0 Å². The fourth-order valence-electron chi connectivity index (χ4n) is 2.55. The second kappa shape index (κ2) is 7.56. The van der Waals surface area contributed by atoms with Crippen LogP contribution in [-0.4, -0.2) is 24.0 Å². The predicted octanol–water partition coefficient (Wildman–Crippen LogP) is 3.71. The van der Waals surface area contributed by atoms with Gasteiger partial charge in [-0.15, -0.1) is 0 Å². The van der Waals surface area contributed by atoms with E-state index in [1.807, 2.05) is 6.92 Å². The number of rotatable bonds is 8. The molecule has 5 nitrogen and oxygen atoms in total. The van der Waals surface area contributed by atoms with E-state index >= 15 is 0 Å². The smallest absolute Gasteiger partial charge is 0.337 e. The molecule has 1 aromatic rings. The molecular formula is C15H22O5S. The first-order valence-corrected chi connectivity index (χ1v) is 8.60. The van der Waals surface area contributed by atoms with E-state index in [-0.39, 0.29) is 11.5 Å². The highest BCUT2D eigenvalue weighted by atomic mass is 32.2. The van der Waals surface area contributed by atoms with Crippen molar-refractivity contribution in [2.75, 3.05) is 0 Å². The van der Waals surface area contributed by atoms with Crippen LogP contribution < -0.4 is 0 Å². The van der Waals surface area contributed by atoms with Gasteiger partial charge in [-0.2, -0.15) is 8.42 Å². The van der Waals surface area contributed by atoms with Crippen LogP contribution in [0.2, 0.25) is 0 Å². The highest BCUT2D eigenvalue weighted by Crippen LogP contribution is 2.31. The summed E-state index contributed by atoms with van der Waals surface area (Å²) < 4.78 is 32.0. The monoisotopic (exact) mass is 314 g/mol. The van der Waals surface area contributed by atoms with Gasteiger partial charge in [0.1, 0.15) is 4.90 Å². The first-order chi connectivity index (χ1) is 9.82. The van der Waals surface area contributed by atoms with E-state index in [2.05, 4.69) is 6.92 Å². The van der Waals surface area contributed by atoms with E-state index < -0.39 is 21.0 Å². The highest BCUT2D eigenvalue weighted by Gasteiger charge is 2.26. The minimum atomic E-state index is -4.55. The summed E-state index contributed by atoms with van der Waals surface area (Å²) in [5.74, 6) is -1.35. The maximum absolute atomic E-state index is 11.5. The minimum Gasteiger partial charge on any atom is -0.478 e. The van der Waals surface area contributed by atoms with Crippen molar-refractivity contribution in [3.63, 3.8) is 0 Å². The SMILES string of the molecule is CCCCCC(CC)c1cccc(S(=O)(=O)O)c1C(=O)O. The second-order valence-electron chi connectivity index (χ2n) is 5.10. The van der Waals surface area contributed by atoms with Gasteiger partial charge in [0.25, 0.3) is 10.1 Å². The van der Waals surface area contributed by atoms with Crippen LogP contribution in [-0.2, 0) is 10.1 Å². The molecule has 1 aromatic carbocycles. The Morgan fingerprint density at radius 3 is 2.38 bits per heavy atom. The van der Waals surface area contributed by atoms with Crippen molar-refractivity contribution in [2.45, 2.75) is 56.8 Å². The summed E-state index contributed by atoms with van der Waals surface area (Å²) in [4.78, 5) is 10.9. The van der Waals surface area contributed by atoms with Gasteiger partial charge in [-0.05, 0) is 30.4 Å². The molecule has 0 aliphatic rings. The number of hydrogen-bond acceptors (Lipinski definition) is 3. The molecule has 0 bridgehead atoms. The average Bonchev–Trinajstić information content (AvgIpc) is 2.42. The Bertz CT molecular complexity index is 592. The molecule has 21 heavy (non-hydrogen) atoms. The molecule has 6 heteroatoms. The van der Waals surface area contributed by atoms with Gasteiger partial charge in [0.2, 0.25) is 0 Å². The van der Waals surface area contributed by atoms with Crippen molar-refractivity contribution in [1.82, 2.24) is 0 Å². The van der Waals surface area contributed by atoms with Gasteiger partial charge < -0.3 is 5.11 Å². The van der Waals surface area contributed by atoms with Crippen molar-refractivity contribution in [3.05, 3.63) is 29.3 Å². The molecule has 0 saturated carbocycles. The lowest BCUT2D eigenvalue weighted by molar-refractivity contribution is 0.0690. The third-order valence-corrected chi connectivity index (χ3v) is 4.54. The van der Waals surface area contributed by atoms with E-state index in [1.54, 1.807) is 6.07 Å². The Morgan fingerprint density at radius 1 is 1.24 bits per heavy atom. The van der Waals surface area contributed by atoms with Crippen molar-refractivity contribution >= 4 is 16.1 Å². The lowest BCUT2D eigenvalue weighted by Gasteiger charge is -2.19. The van der Waals surface area contributed by atoms with Gasteiger partial charge in [-0.3, -0.25) is 4.55 Å². The van der Waals surface area contributed by atoms with E-state index in [4.69, 9.17) is 0 Å². The van der Waals surface area contributed by atoms with E-state index in [0.29, 0.717) is 5.56 Å². The number of carboxylic acids is 1. The summed E-state index contributed by atoms with van der Waals surface area (Å²) in [6, 6.07) is 4.24. The first-order valence-electron chi connectivity index (χ1n) is 7.16. The molecule has 1 rings (SSSR count). The van der Waals surface area contributed by atoms with Gasteiger partial charge in [-0.1, -0.05) is 45.2 Å². The Morgan fingerprint density at radius 2 is 1.90 bits per heavy atom. The number of carboxylic acid groups (broad SMARTS) is 1. The summed E-state index contributed by atoms with van der Waals surface area (Å²) in [7, 11) is -4.55. The molecule has 0 saturated heterocycles. The molecule has 0 fully saturated rings. The fraction of sp³-hybridized carbons (Fsp3) is 0.533. The molecule has 118 valence electrons. The quantitative estimate of drug-likeness (QED) is 0.564. The summed E-state index contributed by atoms with van der Waals surface area (Å²) in [6.07, 6.45) is 4.60. The fourth-order valence-corrected chi connectivity index (χ4v) is 3.27. The van der Waals surface area contributed by atoms with E-state index in [1.165, 1.54) is 6.07 Å². The highest BCUT2D eigenvalue weighted by molar-refractivity contribution is 7.86. The molecule has 0 radical (unpaired) electrons. The molecule has 0 aromatic heterocycles. The molecule has 0 aliphatic heterocycles. The van der Waals surface area contributed by atoms with Crippen molar-refractivity contribution in [1.29, 1.82) is 0 Å². The summed E-state index contributed by atoms with van der Waals surface area (Å²) >= 11 is 0. The number of unbranched alkanes of at least 4 members (excludes halogenated alkanes) is 2. The summed E-state index contributed by atoms with van der Waals surface area (Å²) in [6.45, 7) is 4.03. The maximum Gasteiger partial charge on any atom is 0.337 e. The van der Waals surface area contributed by atoms with Gasteiger partial charge in [-0.25, -0.2) is 4.79 Å². The van der Waals surface area contributed by atoms with E-state index in [0.717, 1.165) is 38.2 Å². The van der Waals surface area contributed by atoms with Crippen molar-refractivity contribution in [3.8, 4) is 0 Å². The lowest BCUT2D eigenvalue weighted by atomic mass is 9.88. The van der Waals surface area contributed by atoms with Gasteiger partial charge in [0.05, 0.1) is 5.56 Å². The van der Waals surface area contributed by atoms with Gasteiger partial charge in [0, 0.05) is 0 Å². The zero-order valence-electron chi connectivity index (χ0n) is 12.4. The number of hydrogen-bond donors (Lipinski definition) is 2. The van der Waals surface area contributed by atoms with Crippen LogP contribution in [0.5, 0.6) is 0 Å². The molecule has 0 spiro atoms. The lowest BCUT2D eigenvalue weighted by Crippen LogP contribution is -2.13. The normalized spacial score (nSPS) is 13.1. The standard InChI is InChI=1S/C15H22O5S/c1-3-5-6-8-11(4-2)12-9-7-10-13(21(18,19)20)14(12)15(16)17/h7,9-11H,3-6,8H2,1-2H3,(H,16,17)(H,18,19,20). The number of carbonyl (C=O) groups is 1. The Labute approximate surface area is 125 Å². The van der Waals surface area contributed by atoms with Gasteiger partial charge >= 0.3 is 5.97 Å². The third kappa shape index (κ3) is 4.54. The maximum atomic E-state index is 11.5. The van der Waals surface area contributed by atoms with E-state index in [9.17, 15) is 22.9 Å². The van der Waals surface area contributed by atoms with Gasteiger partial charge in [0.15, 0.2) is 0 Å². The molecule has 1 unspecified atom stereocenters. The Hall–Kier alpha value is -1.40. The summed E-state index contributed by atoms with van der Waals surface area (Å²) in [5.41, 5.74) is 0.180. The minimum absolute atomic E-state index is 0.0238.